The number of carbonyl (C=O) groups excluding carboxylic acids is 1. The summed E-state index contributed by atoms with van der Waals surface area (Å²) in [5, 5.41) is 3.17. The van der Waals surface area contributed by atoms with Crippen LogP contribution in [0.5, 0.6) is 0 Å². The summed E-state index contributed by atoms with van der Waals surface area (Å²) in [4.78, 5) is 14.8. The average molecular weight is 518 g/mol. The Bertz CT molecular complexity index is 963. The Labute approximate surface area is 209 Å². The van der Waals surface area contributed by atoms with E-state index in [1.807, 2.05) is 34.6 Å². The molecule has 1 aliphatic heterocycles. The third-order valence-electron chi connectivity index (χ3n) is 5.29. The summed E-state index contributed by atoms with van der Waals surface area (Å²) in [5.74, 6) is -0.580. The summed E-state index contributed by atoms with van der Waals surface area (Å²) in [6.45, 7) is 15.8. The van der Waals surface area contributed by atoms with Crippen molar-refractivity contribution in [3.63, 3.8) is 0 Å². The summed E-state index contributed by atoms with van der Waals surface area (Å²) in [6, 6.07) is 2.80. The Hall–Kier alpha value is -2.07. The number of nitrogens with one attached hydrogen (secondary N) is 2. The Balaban J connectivity index is 2.62. The maximum absolute atomic E-state index is 13.6. The molecule has 1 aromatic rings. The third kappa shape index (κ3) is 8.24. The van der Waals surface area contributed by atoms with Crippen LogP contribution in [0.1, 0.15) is 66.5 Å². The van der Waals surface area contributed by atoms with Crippen molar-refractivity contribution in [3.05, 3.63) is 35.0 Å². The molecular formula is C25H38F3N3O3S. The molecule has 1 aromatic carbocycles. The van der Waals surface area contributed by atoms with Gasteiger partial charge < -0.3 is 19.7 Å². The van der Waals surface area contributed by atoms with Crippen LogP contribution in [0.2, 0.25) is 0 Å². The van der Waals surface area contributed by atoms with Gasteiger partial charge in [-0.3, -0.25) is 0 Å². The normalized spacial score (nSPS) is 19.0. The van der Waals surface area contributed by atoms with Crippen LogP contribution in [-0.2, 0) is 26.7 Å². The van der Waals surface area contributed by atoms with Crippen molar-refractivity contribution in [1.29, 1.82) is 0 Å². The van der Waals surface area contributed by atoms with E-state index < -0.39 is 45.1 Å². The largest absolute Gasteiger partial charge is 0.458 e. The van der Waals surface area contributed by atoms with Crippen LogP contribution in [0.25, 0.3) is 6.08 Å². The zero-order valence-corrected chi connectivity index (χ0v) is 22.6. The van der Waals surface area contributed by atoms with Crippen molar-refractivity contribution in [2.24, 2.45) is 5.92 Å². The fraction of sp³-hybridized carbons (Fsp3) is 0.640. The Morgan fingerprint density at radius 1 is 1.20 bits per heavy atom. The number of rotatable bonds is 6. The lowest BCUT2D eigenvalue weighted by Gasteiger charge is -2.38. The van der Waals surface area contributed by atoms with Gasteiger partial charge >= 0.3 is 12.1 Å². The quantitative estimate of drug-likeness (QED) is 0.527. The number of allylic oxidation sites excluding steroid dienone is 1. The molecule has 0 amide bonds. The predicted molar refractivity (Wildman–Crippen MR) is 135 cm³/mol. The molecule has 0 radical (unpaired) electrons. The Morgan fingerprint density at radius 2 is 1.83 bits per heavy atom. The Kier molecular flexibility index (Phi) is 9.08. The molecule has 2 atom stereocenters. The van der Waals surface area contributed by atoms with Crippen molar-refractivity contribution in [1.82, 2.24) is 10.0 Å². The van der Waals surface area contributed by atoms with Gasteiger partial charge in [0.2, 0.25) is 0 Å². The first-order chi connectivity index (χ1) is 15.9. The predicted octanol–water partition coefficient (Wildman–Crippen LogP) is 4.87. The lowest BCUT2D eigenvalue weighted by molar-refractivity contribution is -0.156. The zero-order valence-electron chi connectivity index (χ0n) is 21.8. The second-order valence-corrected chi connectivity index (χ2v) is 12.9. The van der Waals surface area contributed by atoms with Gasteiger partial charge in [-0.2, -0.15) is 13.2 Å². The number of piperazine rings is 1. The molecule has 10 heteroatoms. The maximum atomic E-state index is 13.6. The van der Waals surface area contributed by atoms with Crippen LogP contribution < -0.4 is 14.9 Å². The van der Waals surface area contributed by atoms with Gasteiger partial charge in [-0.25, -0.2) is 9.00 Å². The van der Waals surface area contributed by atoms with Crippen LogP contribution in [0.4, 0.5) is 18.9 Å². The SMILES string of the molecule is CC(C)/C(=C\c1cc(C(F)(F)F)ccc1N1CCNC[C@H]1C(=O)OC(C)(C)C)NS(=O)C(C)(C)C. The molecule has 198 valence electrons. The Morgan fingerprint density at radius 3 is 2.34 bits per heavy atom. The number of hydrogen-bond donors (Lipinski definition) is 2. The minimum atomic E-state index is -4.53. The van der Waals surface area contributed by atoms with Gasteiger partial charge in [-0.1, -0.05) is 13.8 Å². The number of esters is 1. The van der Waals surface area contributed by atoms with Crippen LogP contribution >= 0.6 is 0 Å². The average Bonchev–Trinajstić information content (AvgIpc) is 2.70. The van der Waals surface area contributed by atoms with Gasteiger partial charge in [0, 0.05) is 36.6 Å². The van der Waals surface area contributed by atoms with Gasteiger partial charge in [0.25, 0.3) is 0 Å². The zero-order chi connectivity index (χ0) is 26.8. The molecular weight excluding hydrogens is 479 g/mol. The van der Waals surface area contributed by atoms with Crippen molar-refractivity contribution < 1.29 is 26.9 Å². The number of ether oxygens (including phenoxy) is 1. The number of carbonyl (C=O) groups is 1. The molecule has 0 aromatic heterocycles. The topological polar surface area (TPSA) is 70.7 Å². The van der Waals surface area contributed by atoms with Crippen molar-refractivity contribution in [3.8, 4) is 0 Å². The highest BCUT2D eigenvalue weighted by Gasteiger charge is 2.35. The number of anilines is 1. The van der Waals surface area contributed by atoms with Crippen molar-refractivity contribution >= 4 is 28.7 Å². The molecule has 0 saturated carbocycles. The number of alkyl halides is 3. The second-order valence-electron chi connectivity index (χ2n) is 11.0. The summed E-state index contributed by atoms with van der Waals surface area (Å²) in [5.41, 5.74) is -0.178. The first kappa shape index (κ1) is 29.2. The minimum absolute atomic E-state index is 0.131. The lowest BCUT2D eigenvalue weighted by Crippen LogP contribution is -2.56. The summed E-state index contributed by atoms with van der Waals surface area (Å²) in [7, 11) is -1.46. The van der Waals surface area contributed by atoms with E-state index in [0.29, 0.717) is 31.0 Å². The molecule has 2 N–H and O–H groups in total. The monoisotopic (exact) mass is 517 g/mol. The van der Waals surface area contributed by atoms with E-state index in [1.54, 1.807) is 31.7 Å². The lowest BCUT2D eigenvalue weighted by atomic mass is 10.0. The van der Waals surface area contributed by atoms with Gasteiger partial charge in [-0.15, -0.1) is 0 Å². The highest BCUT2D eigenvalue weighted by atomic mass is 32.2. The molecule has 1 unspecified atom stereocenters. The minimum Gasteiger partial charge on any atom is -0.458 e. The molecule has 0 aliphatic carbocycles. The fourth-order valence-electron chi connectivity index (χ4n) is 3.42. The van der Waals surface area contributed by atoms with Crippen molar-refractivity contribution in [2.45, 2.75) is 78.0 Å². The van der Waals surface area contributed by atoms with Crippen LogP contribution in [0.3, 0.4) is 0 Å². The van der Waals surface area contributed by atoms with E-state index in [2.05, 4.69) is 10.0 Å². The molecule has 35 heavy (non-hydrogen) atoms. The molecule has 1 heterocycles. The molecule has 2 rings (SSSR count). The van der Waals surface area contributed by atoms with Crippen LogP contribution in [-0.4, -0.2) is 46.2 Å². The first-order valence-electron chi connectivity index (χ1n) is 11.7. The molecule has 1 saturated heterocycles. The molecule has 0 bridgehead atoms. The number of benzene rings is 1. The van der Waals surface area contributed by atoms with Crippen LogP contribution in [0.15, 0.2) is 23.9 Å². The van der Waals surface area contributed by atoms with E-state index in [1.165, 1.54) is 6.07 Å². The standard InChI is InChI=1S/C25H38F3N3O3S/c1-16(2)19(30-35(33)24(6,7)8)14-17-13-18(25(26,27)28)9-10-20(17)31-12-11-29-15-21(31)22(32)34-23(3,4)5/h9-10,13-14,16,21,29-30H,11-12,15H2,1-8H3/b19-14+/t21-,35?/m0/s1. The van der Waals surface area contributed by atoms with Crippen molar-refractivity contribution in [2.75, 3.05) is 24.5 Å². The number of hydrogen-bond acceptors (Lipinski definition) is 5. The van der Waals surface area contributed by atoms with E-state index in [0.717, 1.165) is 12.1 Å². The maximum Gasteiger partial charge on any atom is 0.416 e. The highest BCUT2D eigenvalue weighted by molar-refractivity contribution is 7.84. The third-order valence-corrected chi connectivity index (χ3v) is 6.82. The smallest absolute Gasteiger partial charge is 0.416 e. The fourth-order valence-corrected chi connectivity index (χ4v) is 4.24. The summed E-state index contributed by atoms with van der Waals surface area (Å²) >= 11 is 0. The second kappa shape index (κ2) is 10.9. The van der Waals surface area contributed by atoms with E-state index in [4.69, 9.17) is 4.74 Å². The summed E-state index contributed by atoms with van der Waals surface area (Å²) < 4.78 is 61.6. The molecule has 6 nitrogen and oxygen atoms in total. The molecule has 1 fully saturated rings. The molecule has 1 aliphatic rings. The van der Waals surface area contributed by atoms with Gasteiger partial charge in [-0.05, 0) is 71.7 Å². The first-order valence-corrected chi connectivity index (χ1v) is 12.9. The van der Waals surface area contributed by atoms with E-state index in [9.17, 15) is 22.2 Å². The summed E-state index contributed by atoms with van der Waals surface area (Å²) in [6.07, 6.45) is -2.93. The number of nitrogens with zero attached hydrogens (tertiary/aromatic N) is 1. The number of halogens is 3. The van der Waals surface area contributed by atoms with E-state index in [-0.39, 0.29) is 11.5 Å². The van der Waals surface area contributed by atoms with Gasteiger partial charge in [0.15, 0.2) is 0 Å². The highest BCUT2D eigenvalue weighted by Crippen LogP contribution is 2.35. The van der Waals surface area contributed by atoms with Gasteiger partial charge in [0.1, 0.15) is 22.6 Å². The van der Waals surface area contributed by atoms with E-state index >= 15 is 0 Å². The van der Waals surface area contributed by atoms with Gasteiger partial charge in [0.05, 0.1) is 10.3 Å². The van der Waals surface area contributed by atoms with Crippen LogP contribution in [0, 0.1) is 5.92 Å². The molecule has 0 spiro atoms.